The minimum Gasteiger partial charge on any atom is -0.394 e. The zero-order chi connectivity index (χ0) is 53.5. The van der Waals surface area contributed by atoms with E-state index in [0.29, 0.717) is 43.4 Å². The van der Waals surface area contributed by atoms with Gasteiger partial charge in [-0.1, -0.05) is 39.3 Å². The van der Waals surface area contributed by atoms with Gasteiger partial charge in [0.2, 0.25) is 0 Å². The molecule has 0 amide bonds. The molecule has 0 unspecified atom stereocenters. The first-order chi connectivity index (χ1) is 35.0. The molecule has 3 saturated carbocycles. The molecule has 4 aliphatic carbocycles. The third kappa shape index (κ3) is 10.1. The van der Waals surface area contributed by atoms with Crippen LogP contribution in [0.4, 0.5) is 0 Å². The normalized spacial score (nSPS) is 54.9. The molecule has 426 valence electrons. The first-order valence-corrected chi connectivity index (χ1v) is 27.2. The highest BCUT2D eigenvalue weighted by Gasteiger charge is 2.68. The van der Waals surface area contributed by atoms with Gasteiger partial charge in [-0.3, -0.25) is 0 Å². The van der Waals surface area contributed by atoms with E-state index in [9.17, 15) is 61.3 Å². The molecule has 0 aromatic heterocycles. The highest BCUT2D eigenvalue weighted by atomic mass is 16.8. The molecule has 22 nitrogen and oxygen atoms in total. The Labute approximate surface area is 432 Å². The Kier molecular flexibility index (Phi) is 17.4. The van der Waals surface area contributed by atoms with E-state index in [-0.39, 0.29) is 41.3 Å². The number of aliphatic hydroxyl groups excluding tert-OH is 12. The highest BCUT2D eigenvalue weighted by molar-refractivity contribution is 5.26. The van der Waals surface area contributed by atoms with E-state index in [1.54, 1.807) is 7.11 Å². The minimum absolute atomic E-state index is 0.00465. The quantitative estimate of drug-likeness (QED) is 0.0846. The molecule has 8 fully saturated rings. The van der Waals surface area contributed by atoms with Gasteiger partial charge in [-0.25, -0.2) is 0 Å². The van der Waals surface area contributed by atoms with Crippen molar-refractivity contribution in [3.8, 4) is 0 Å². The standard InChI is InChI=1S/C52H86O22/c1-21(20-66-46-40(61)39(60)36(57)31(18-53)70-46)10-15-52(65-7)22(2)33-30(74-52)17-29-27-9-8-25-16-26(11-13-50(25,5)28(27)12-14-51(29,33)6)69-49-45(73-48-42(63)38(59)35(56)24(4)68-48)43(64)44(32(19-54)71-49)72-47-41(62)37(58)34(55)23(3)67-47/h8,21-24,26-49,53-64H,9-20H2,1-7H3/t21-,22-,23-,24-,26-,27+,28-,29-,30-,31+,32+,33-,34-,35-,36+,37+,38+,39-,40+,41+,42+,43-,44+,45+,46+,47-,48-,49+,50-,51-,52+/m0/s1. The monoisotopic (exact) mass is 1060 g/mol. The Morgan fingerprint density at radius 3 is 1.86 bits per heavy atom. The summed E-state index contributed by atoms with van der Waals surface area (Å²) in [5, 5.41) is 127. The van der Waals surface area contributed by atoms with Crippen LogP contribution in [0.25, 0.3) is 0 Å². The molecule has 12 N–H and O–H groups in total. The maximum Gasteiger partial charge on any atom is 0.187 e. The maximum absolute atomic E-state index is 12.1. The van der Waals surface area contributed by atoms with E-state index >= 15 is 0 Å². The van der Waals surface area contributed by atoms with Crippen LogP contribution in [-0.2, 0) is 47.4 Å². The van der Waals surface area contributed by atoms with E-state index in [2.05, 4.69) is 26.8 Å². The van der Waals surface area contributed by atoms with Crippen LogP contribution in [0.2, 0.25) is 0 Å². The van der Waals surface area contributed by atoms with Gasteiger partial charge in [-0.2, -0.15) is 0 Å². The second-order valence-electron chi connectivity index (χ2n) is 24.0. The van der Waals surface area contributed by atoms with E-state index in [4.69, 9.17) is 47.4 Å². The molecule has 5 saturated heterocycles. The van der Waals surface area contributed by atoms with Crippen molar-refractivity contribution >= 4 is 0 Å². The van der Waals surface area contributed by atoms with Crippen molar-refractivity contribution in [1.29, 1.82) is 0 Å². The van der Waals surface area contributed by atoms with Gasteiger partial charge in [0.1, 0.15) is 85.5 Å². The second kappa shape index (κ2) is 22.4. The summed E-state index contributed by atoms with van der Waals surface area (Å²) < 4.78 is 61.5. The van der Waals surface area contributed by atoms with Crippen molar-refractivity contribution in [2.75, 3.05) is 26.9 Å². The number of methoxy groups -OCH3 is 1. The van der Waals surface area contributed by atoms with Crippen molar-refractivity contribution in [3.63, 3.8) is 0 Å². The molecule has 5 aliphatic heterocycles. The van der Waals surface area contributed by atoms with Crippen molar-refractivity contribution in [2.45, 2.75) is 240 Å². The van der Waals surface area contributed by atoms with Crippen molar-refractivity contribution in [1.82, 2.24) is 0 Å². The molecule has 74 heavy (non-hydrogen) atoms. The van der Waals surface area contributed by atoms with Gasteiger partial charge in [0, 0.05) is 19.4 Å². The van der Waals surface area contributed by atoms with Crippen LogP contribution in [0.3, 0.4) is 0 Å². The zero-order valence-electron chi connectivity index (χ0n) is 43.7. The summed E-state index contributed by atoms with van der Waals surface area (Å²) in [5.74, 6) is 0.884. The third-order valence-corrected chi connectivity index (χ3v) is 19.8. The van der Waals surface area contributed by atoms with E-state index in [1.807, 2.05) is 6.92 Å². The zero-order valence-corrected chi connectivity index (χ0v) is 43.7. The fraction of sp³-hybridized carbons (Fsp3) is 0.962. The van der Waals surface area contributed by atoms with Gasteiger partial charge in [0.25, 0.3) is 0 Å². The van der Waals surface area contributed by atoms with Crippen molar-refractivity contribution in [2.24, 2.45) is 46.3 Å². The summed E-state index contributed by atoms with van der Waals surface area (Å²) in [6, 6.07) is 0. The Hall–Kier alpha value is -1.14. The molecule has 0 spiro atoms. The lowest BCUT2D eigenvalue weighted by Gasteiger charge is -2.58. The summed E-state index contributed by atoms with van der Waals surface area (Å²) in [6.45, 7) is 11.1. The number of allylic oxidation sites excluding steroid dienone is 1. The van der Waals surface area contributed by atoms with Crippen LogP contribution in [0.15, 0.2) is 11.6 Å². The Bertz CT molecular complexity index is 1920. The third-order valence-electron chi connectivity index (χ3n) is 19.8. The number of hydrogen-bond acceptors (Lipinski definition) is 22. The molecule has 0 radical (unpaired) electrons. The molecule has 0 aromatic rings. The minimum atomic E-state index is -1.74. The lowest BCUT2D eigenvalue weighted by Crippen LogP contribution is -2.66. The summed E-state index contributed by atoms with van der Waals surface area (Å²) in [4.78, 5) is 0. The summed E-state index contributed by atoms with van der Waals surface area (Å²) >= 11 is 0. The van der Waals surface area contributed by atoms with E-state index in [1.165, 1.54) is 19.4 Å². The summed E-state index contributed by atoms with van der Waals surface area (Å²) in [7, 11) is 1.72. The molecule has 5 heterocycles. The highest BCUT2D eigenvalue weighted by Crippen LogP contribution is 2.70. The van der Waals surface area contributed by atoms with Crippen LogP contribution in [0.1, 0.15) is 99.3 Å². The molecule has 0 bridgehead atoms. The van der Waals surface area contributed by atoms with Crippen molar-refractivity contribution in [3.05, 3.63) is 11.6 Å². The number of aliphatic hydroxyl groups is 12. The van der Waals surface area contributed by atoms with E-state index in [0.717, 1.165) is 32.1 Å². The average molecular weight is 1060 g/mol. The number of hydrogen-bond donors (Lipinski definition) is 12. The summed E-state index contributed by atoms with van der Waals surface area (Å²) in [6.07, 6.45) is -19.4. The van der Waals surface area contributed by atoms with Crippen LogP contribution >= 0.6 is 0 Å². The average Bonchev–Trinajstić information content (AvgIpc) is 3.84. The SMILES string of the molecule is CO[C@]1(CC[C@H](C)CO[C@@H]2O[C@H](CO)[C@@H](O)[C@H](O)[C@H]2O)O[C@H]2C[C@H]3[C@@H]4CC=C5C[C@@H](O[C@@H]6O[C@H](CO)[C@@H](O[C@@H]7O[C@@H](C)[C@H](O)[C@@H](O)[C@H]7O)[C@H](O)[C@H]6O[C@@H]6O[C@@H](C)[C@H](O)[C@@H](O)[C@H]6O)CC[C@]5(C)[C@H]4CC[C@]3(C)[C@H]2[C@@H]1C. The van der Waals surface area contributed by atoms with Crippen LogP contribution < -0.4 is 0 Å². The Balaban J connectivity index is 0.854. The maximum atomic E-state index is 12.1. The predicted octanol–water partition coefficient (Wildman–Crippen LogP) is -1.33. The van der Waals surface area contributed by atoms with Gasteiger partial charge >= 0.3 is 0 Å². The van der Waals surface area contributed by atoms with Crippen LogP contribution in [-0.4, -0.2) is 229 Å². The van der Waals surface area contributed by atoms with Gasteiger partial charge in [-0.15, -0.1) is 0 Å². The fourth-order valence-corrected chi connectivity index (χ4v) is 15.3. The van der Waals surface area contributed by atoms with Gasteiger partial charge in [0.15, 0.2) is 30.9 Å². The Morgan fingerprint density at radius 2 is 1.24 bits per heavy atom. The fourth-order valence-electron chi connectivity index (χ4n) is 15.3. The summed E-state index contributed by atoms with van der Waals surface area (Å²) in [5.41, 5.74) is 1.19. The molecule has 31 atom stereocenters. The molecule has 0 aromatic carbocycles. The van der Waals surface area contributed by atoms with Crippen LogP contribution in [0, 0.1) is 46.3 Å². The lowest BCUT2D eigenvalue weighted by molar-refractivity contribution is -0.388. The second-order valence-corrected chi connectivity index (χ2v) is 24.0. The molecular weight excluding hydrogens is 977 g/mol. The molecule has 9 aliphatic rings. The molecule has 22 heteroatoms. The van der Waals surface area contributed by atoms with Gasteiger partial charge < -0.3 is 109 Å². The number of rotatable bonds is 15. The van der Waals surface area contributed by atoms with Gasteiger partial charge in [0.05, 0.1) is 44.2 Å². The molecular formula is C52H86O22. The van der Waals surface area contributed by atoms with E-state index < -0.39 is 148 Å². The predicted molar refractivity (Wildman–Crippen MR) is 254 cm³/mol. The Morgan fingerprint density at radius 1 is 0.649 bits per heavy atom. The first-order valence-electron chi connectivity index (χ1n) is 27.2. The first kappa shape index (κ1) is 57.5. The largest absolute Gasteiger partial charge is 0.394 e. The molecule has 9 rings (SSSR count). The number of fused-ring (bicyclic) bond motifs is 7. The van der Waals surface area contributed by atoms with Gasteiger partial charge in [-0.05, 0) is 106 Å². The van der Waals surface area contributed by atoms with Crippen LogP contribution in [0.5, 0.6) is 0 Å². The smallest absolute Gasteiger partial charge is 0.187 e. The topological polar surface area (TPSA) is 335 Å². The number of ether oxygens (including phenoxy) is 10. The lowest BCUT2D eigenvalue weighted by atomic mass is 9.47. The van der Waals surface area contributed by atoms with Crippen molar-refractivity contribution < 1.29 is 109 Å².